The molecule has 0 saturated heterocycles. The summed E-state index contributed by atoms with van der Waals surface area (Å²) in [6, 6.07) is 12.8. The number of oxazole rings is 1. The zero-order valence-corrected chi connectivity index (χ0v) is 15.4. The molecule has 134 valence electrons. The average molecular weight is 378 g/mol. The summed E-state index contributed by atoms with van der Waals surface area (Å²) < 4.78 is 5.77. The predicted octanol–water partition coefficient (Wildman–Crippen LogP) is 5.47. The topological polar surface area (TPSA) is 68.0 Å². The van der Waals surface area contributed by atoms with Crippen molar-refractivity contribution in [1.29, 1.82) is 0 Å². The van der Waals surface area contributed by atoms with Crippen molar-refractivity contribution in [2.24, 2.45) is 0 Å². The fourth-order valence-corrected chi connectivity index (χ4v) is 3.38. The molecule has 1 saturated carbocycles. The van der Waals surface area contributed by atoms with Gasteiger partial charge in [-0.1, -0.05) is 11.6 Å². The van der Waals surface area contributed by atoms with Gasteiger partial charge >= 0.3 is 0 Å². The fourth-order valence-electron chi connectivity index (χ4n) is 3.20. The number of rotatable bonds is 3. The van der Waals surface area contributed by atoms with Crippen LogP contribution in [-0.4, -0.2) is 15.9 Å². The van der Waals surface area contributed by atoms with Crippen molar-refractivity contribution in [3.8, 4) is 0 Å². The summed E-state index contributed by atoms with van der Waals surface area (Å²) in [6.07, 6.45) is 2.27. The minimum atomic E-state index is -0.216. The minimum absolute atomic E-state index is 0.216. The van der Waals surface area contributed by atoms with E-state index in [2.05, 4.69) is 15.3 Å². The van der Waals surface area contributed by atoms with Gasteiger partial charge in [-0.3, -0.25) is 9.78 Å². The molecule has 2 heterocycles. The lowest BCUT2D eigenvalue weighted by Crippen LogP contribution is -2.14. The first-order valence-corrected chi connectivity index (χ1v) is 9.23. The highest BCUT2D eigenvalue weighted by atomic mass is 35.5. The molecular formula is C21H16ClN3O2. The number of fused-ring (bicyclic) bond motifs is 2. The Morgan fingerprint density at radius 1 is 1.11 bits per heavy atom. The lowest BCUT2D eigenvalue weighted by molar-refractivity contribution is 0.102. The van der Waals surface area contributed by atoms with Gasteiger partial charge in [0.1, 0.15) is 5.52 Å². The zero-order chi connectivity index (χ0) is 18.5. The number of nitrogens with one attached hydrogen (secondary N) is 1. The van der Waals surface area contributed by atoms with E-state index in [4.69, 9.17) is 16.0 Å². The van der Waals surface area contributed by atoms with Gasteiger partial charge < -0.3 is 9.73 Å². The van der Waals surface area contributed by atoms with Gasteiger partial charge in [-0.15, -0.1) is 0 Å². The van der Waals surface area contributed by atoms with E-state index in [0.29, 0.717) is 27.9 Å². The van der Waals surface area contributed by atoms with Crippen molar-refractivity contribution in [1.82, 2.24) is 9.97 Å². The van der Waals surface area contributed by atoms with Gasteiger partial charge in [-0.25, -0.2) is 4.98 Å². The maximum Gasteiger partial charge on any atom is 0.257 e. The summed E-state index contributed by atoms with van der Waals surface area (Å²) in [5, 5.41) is 4.38. The number of aryl methyl sites for hydroxylation is 1. The molecule has 1 fully saturated rings. The van der Waals surface area contributed by atoms with Crippen molar-refractivity contribution in [3.63, 3.8) is 0 Å². The van der Waals surface area contributed by atoms with Gasteiger partial charge in [-0.05, 0) is 62.2 Å². The van der Waals surface area contributed by atoms with Gasteiger partial charge in [-0.2, -0.15) is 0 Å². The molecule has 6 heteroatoms. The first kappa shape index (κ1) is 16.3. The van der Waals surface area contributed by atoms with Gasteiger partial charge in [0.05, 0.1) is 16.8 Å². The first-order valence-electron chi connectivity index (χ1n) is 8.85. The molecule has 1 N–H and O–H groups in total. The average Bonchev–Trinajstić information content (AvgIpc) is 3.41. The number of hydrogen-bond acceptors (Lipinski definition) is 4. The second-order valence-electron chi connectivity index (χ2n) is 6.92. The molecule has 1 aliphatic rings. The largest absolute Gasteiger partial charge is 0.440 e. The number of amides is 1. The normalized spacial score (nSPS) is 14.0. The van der Waals surface area contributed by atoms with Crippen LogP contribution in [0.1, 0.15) is 40.7 Å². The Kier molecular flexibility index (Phi) is 3.65. The highest BCUT2D eigenvalue weighted by Crippen LogP contribution is 2.40. The van der Waals surface area contributed by atoms with Gasteiger partial charge in [0.25, 0.3) is 5.91 Å². The van der Waals surface area contributed by atoms with E-state index in [1.807, 2.05) is 37.3 Å². The van der Waals surface area contributed by atoms with Crippen LogP contribution >= 0.6 is 11.6 Å². The second kappa shape index (κ2) is 6.06. The molecule has 0 aliphatic heterocycles. The maximum atomic E-state index is 12.8. The number of anilines is 1. The molecule has 0 atom stereocenters. The molecule has 2 aromatic carbocycles. The molecule has 4 aromatic rings. The first-order chi connectivity index (χ1) is 13.1. The third-order valence-electron chi connectivity index (χ3n) is 4.80. The lowest BCUT2D eigenvalue weighted by Gasteiger charge is -2.09. The molecule has 0 unspecified atom stereocenters. The van der Waals surface area contributed by atoms with Crippen LogP contribution in [-0.2, 0) is 0 Å². The van der Waals surface area contributed by atoms with Crippen LogP contribution < -0.4 is 5.32 Å². The number of halogens is 1. The third kappa shape index (κ3) is 3.04. The summed E-state index contributed by atoms with van der Waals surface area (Å²) >= 11 is 6.06. The van der Waals surface area contributed by atoms with Gasteiger partial charge in [0.2, 0.25) is 0 Å². The van der Waals surface area contributed by atoms with E-state index in [1.165, 1.54) is 0 Å². The maximum absolute atomic E-state index is 12.8. The quantitative estimate of drug-likeness (QED) is 0.514. The monoisotopic (exact) mass is 377 g/mol. The van der Waals surface area contributed by atoms with Crippen LogP contribution in [0.4, 0.5) is 5.69 Å². The van der Waals surface area contributed by atoms with E-state index in [0.717, 1.165) is 40.7 Å². The van der Waals surface area contributed by atoms with Gasteiger partial charge in [0.15, 0.2) is 11.5 Å². The van der Waals surface area contributed by atoms with Crippen LogP contribution in [0.15, 0.2) is 46.9 Å². The standard InChI is InChI=1S/C21H16ClN3O2/c1-11-16(9-13-8-14(22)4-6-17(13)23-11)20(26)24-15-5-7-19-18(10-15)25-21(27-19)12-2-3-12/h4-10,12H,2-3H2,1H3,(H,24,26). The molecule has 1 amide bonds. The van der Waals surface area contributed by atoms with Crippen LogP contribution in [0.3, 0.4) is 0 Å². The Labute approximate surface area is 160 Å². The van der Waals surface area contributed by atoms with E-state index in [1.54, 1.807) is 12.1 Å². The number of hydrogen-bond donors (Lipinski definition) is 1. The number of pyridine rings is 1. The minimum Gasteiger partial charge on any atom is -0.440 e. The molecule has 0 radical (unpaired) electrons. The van der Waals surface area contributed by atoms with E-state index in [-0.39, 0.29) is 5.91 Å². The summed E-state index contributed by atoms with van der Waals surface area (Å²) in [5.41, 5.74) is 4.17. The number of benzene rings is 2. The number of carbonyl (C=O) groups is 1. The Bertz CT molecular complexity index is 1210. The Morgan fingerprint density at radius 3 is 2.78 bits per heavy atom. The second-order valence-corrected chi connectivity index (χ2v) is 7.36. The summed E-state index contributed by atoms with van der Waals surface area (Å²) in [4.78, 5) is 21.8. The zero-order valence-electron chi connectivity index (χ0n) is 14.6. The molecule has 2 aromatic heterocycles. The third-order valence-corrected chi connectivity index (χ3v) is 5.04. The van der Waals surface area contributed by atoms with Gasteiger partial charge in [0, 0.05) is 22.0 Å². The van der Waals surface area contributed by atoms with Crippen molar-refractivity contribution >= 4 is 45.2 Å². The smallest absolute Gasteiger partial charge is 0.257 e. The lowest BCUT2D eigenvalue weighted by atomic mass is 10.1. The van der Waals surface area contributed by atoms with Crippen molar-refractivity contribution in [3.05, 3.63) is 64.6 Å². The van der Waals surface area contributed by atoms with Crippen LogP contribution in [0.25, 0.3) is 22.0 Å². The van der Waals surface area contributed by atoms with Crippen LogP contribution in [0.2, 0.25) is 5.02 Å². The molecule has 5 nitrogen and oxygen atoms in total. The number of nitrogens with zero attached hydrogens (tertiary/aromatic N) is 2. The predicted molar refractivity (Wildman–Crippen MR) is 105 cm³/mol. The molecular weight excluding hydrogens is 362 g/mol. The van der Waals surface area contributed by atoms with Crippen LogP contribution in [0, 0.1) is 6.92 Å². The SMILES string of the molecule is Cc1nc2ccc(Cl)cc2cc1C(=O)Nc1ccc2oc(C3CC3)nc2c1. The molecule has 5 rings (SSSR count). The van der Waals surface area contributed by atoms with Crippen molar-refractivity contribution < 1.29 is 9.21 Å². The highest BCUT2D eigenvalue weighted by molar-refractivity contribution is 6.31. The van der Waals surface area contributed by atoms with Crippen LogP contribution in [0.5, 0.6) is 0 Å². The summed E-state index contributed by atoms with van der Waals surface area (Å²) in [7, 11) is 0. The van der Waals surface area contributed by atoms with Crippen molar-refractivity contribution in [2.45, 2.75) is 25.7 Å². The fraction of sp³-hybridized carbons (Fsp3) is 0.190. The number of aromatic nitrogens is 2. The Hall–Kier alpha value is -2.92. The number of carbonyl (C=O) groups excluding carboxylic acids is 1. The van der Waals surface area contributed by atoms with E-state index >= 15 is 0 Å². The van der Waals surface area contributed by atoms with Crippen molar-refractivity contribution in [2.75, 3.05) is 5.32 Å². The summed E-state index contributed by atoms with van der Waals surface area (Å²) in [6.45, 7) is 1.83. The molecule has 1 aliphatic carbocycles. The summed E-state index contributed by atoms with van der Waals surface area (Å²) in [5.74, 6) is 1.03. The molecule has 0 spiro atoms. The van der Waals surface area contributed by atoms with E-state index < -0.39 is 0 Å². The molecule has 0 bridgehead atoms. The molecule has 27 heavy (non-hydrogen) atoms. The Balaban J connectivity index is 1.46. The highest BCUT2D eigenvalue weighted by Gasteiger charge is 2.28. The Morgan fingerprint density at radius 2 is 1.96 bits per heavy atom. The van der Waals surface area contributed by atoms with E-state index in [9.17, 15) is 4.79 Å².